The van der Waals surface area contributed by atoms with Crippen molar-refractivity contribution in [2.45, 2.75) is 25.8 Å². The van der Waals surface area contributed by atoms with E-state index in [9.17, 15) is 5.11 Å². The SMILES string of the molecule is CC1CC(O)N(N)N2OC12. The van der Waals surface area contributed by atoms with Gasteiger partial charge < -0.3 is 5.11 Å². The molecule has 4 atom stereocenters. The zero-order valence-electron chi connectivity index (χ0n) is 5.77. The van der Waals surface area contributed by atoms with Crippen LogP contribution in [0.15, 0.2) is 0 Å². The number of fused-ring (bicyclic) bond motifs is 1. The van der Waals surface area contributed by atoms with Crippen LogP contribution in [0.1, 0.15) is 13.3 Å². The van der Waals surface area contributed by atoms with Crippen LogP contribution in [0.25, 0.3) is 0 Å². The lowest BCUT2D eigenvalue weighted by Gasteiger charge is -2.27. The van der Waals surface area contributed by atoms with Gasteiger partial charge in [-0.1, -0.05) is 12.1 Å². The lowest BCUT2D eigenvalue weighted by Crippen LogP contribution is -2.50. The fourth-order valence-electron chi connectivity index (χ4n) is 1.28. The minimum atomic E-state index is -0.589. The molecule has 0 spiro atoms. The maximum Gasteiger partial charge on any atom is 0.176 e. The van der Waals surface area contributed by atoms with Crippen LogP contribution in [0.4, 0.5) is 0 Å². The molecule has 5 nitrogen and oxygen atoms in total. The third-order valence-electron chi connectivity index (χ3n) is 1.99. The quantitative estimate of drug-likeness (QED) is 0.338. The summed E-state index contributed by atoms with van der Waals surface area (Å²) in [6, 6.07) is 0. The Bertz CT molecular complexity index is 152. The van der Waals surface area contributed by atoms with E-state index in [0.29, 0.717) is 12.3 Å². The molecule has 3 N–H and O–H groups in total. The Labute approximate surface area is 58.8 Å². The van der Waals surface area contributed by atoms with Crippen LogP contribution >= 0.6 is 0 Å². The first kappa shape index (κ1) is 6.51. The van der Waals surface area contributed by atoms with E-state index in [1.165, 1.54) is 10.3 Å². The van der Waals surface area contributed by atoms with Crippen LogP contribution in [0.2, 0.25) is 0 Å². The number of hydrogen-bond donors (Lipinski definition) is 2. The summed E-state index contributed by atoms with van der Waals surface area (Å²) < 4.78 is 0. The van der Waals surface area contributed by atoms with E-state index in [1.54, 1.807) is 0 Å². The highest BCUT2D eigenvalue weighted by molar-refractivity contribution is 4.78. The summed E-state index contributed by atoms with van der Waals surface area (Å²) in [4.78, 5) is 5.05. The Morgan fingerprint density at radius 3 is 3.10 bits per heavy atom. The summed E-state index contributed by atoms with van der Waals surface area (Å²) >= 11 is 0. The average Bonchev–Trinajstić information content (AvgIpc) is 2.61. The number of hydrogen-bond acceptors (Lipinski definition) is 5. The number of nitrogens with two attached hydrogens (primary N) is 1. The standard InChI is InChI=1S/C5H11N3O2/c1-3-2-4(9)7(6)8-5(3)10-8/h3-5,9H,2,6H2,1H3. The van der Waals surface area contributed by atoms with E-state index in [1.807, 2.05) is 6.92 Å². The summed E-state index contributed by atoms with van der Waals surface area (Å²) in [6.45, 7) is 2.03. The van der Waals surface area contributed by atoms with Crippen LogP contribution in [-0.2, 0) is 4.84 Å². The summed E-state index contributed by atoms with van der Waals surface area (Å²) in [5.41, 5.74) is 0. The van der Waals surface area contributed by atoms with Crippen LogP contribution < -0.4 is 5.84 Å². The van der Waals surface area contributed by atoms with E-state index in [4.69, 9.17) is 10.7 Å². The molecular formula is C5H11N3O2. The molecule has 2 aliphatic heterocycles. The fourth-order valence-corrected chi connectivity index (χ4v) is 1.28. The number of aliphatic hydroxyl groups is 1. The molecule has 0 saturated carbocycles. The van der Waals surface area contributed by atoms with Gasteiger partial charge in [0, 0.05) is 5.92 Å². The monoisotopic (exact) mass is 145 g/mol. The average molecular weight is 145 g/mol. The molecular weight excluding hydrogens is 134 g/mol. The minimum Gasteiger partial charge on any atom is -0.376 e. The van der Waals surface area contributed by atoms with Crippen LogP contribution in [0, 0.1) is 5.92 Å². The van der Waals surface area contributed by atoms with Gasteiger partial charge in [0.15, 0.2) is 6.23 Å². The number of nitrogens with zero attached hydrogens (tertiary/aromatic N) is 2. The third-order valence-corrected chi connectivity index (χ3v) is 1.99. The zero-order chi connectivity index (χ0) is 7.30. The second-order valence-electron chi connectivity index (χ2n) is 2.87. The molecule has 2 aliphatic rings. The number of aliphatic hydroxyl groups excluding tert-OH is 1. The smallest absolute Gasteiger partial charge is 0.176 e. The first-order valence-corrected chi connectivity index (χ1v) is 3.38. The highest BCUT2D eigenvalue weighted by atomic mass is 16.9. The molecule has 58 valence electrons. The number of rotatable bonds is 0. The molecule has 2 saturated heterocycles. The van der Waals surface area contributed by atoms with Gasteiger partial charge >= 0.3 is 0 Å². The molecule has 2 fully saturated rings. The van der Waals surface area contributed by atoms with Gasteiger partial charge in [-0.3, -0.25) is 10.7 Å². The van der Waals surface area contributed by atoms with Crippen molar-refractivity contribution >= 4 is 0 Å². The normalized spacial score (nSPS) is 54.3. The van der Waals surface area contributed by atoms with Gasteiger partial charge in [0.2, 0.25) is 0 Å². The van der Waals surface area contributed by atoms with Crippen molar-refractivity contribution in [3.63, 3.8) is 0 Å². The maximum absolute atomic E-state index is 9.22. The van der Waals surface area contributed by atoms with Gasteiger partial charge in [-0.05, 0) is 6.42 Å². The minimum absolute atomic E-state index is 0.105. The fraction of sp³-hybridized carbons (Fsp3) is 1.00. The van der Waals surface area contributed by atoms with Crippen molar-refractivity contribution in [3.05, 3.63) is 0 Å². The van der Waals surface area contributed by atoms with Crippen molar-refractivity contribution in [1.29, 1.82) is 0 Å². The van der Waals surface area contributed by atoms with Crippen LogP contribution in [0.5, 0.6) is 0 Å². The molecule has 0 radical (unpaired) electrons. The molecule has 0 aromatic heterocycles. The van der Waals surface area contributed by atoms with Crippen molar-refractivity contribution in [2.24, 2.45) is 11.8 Å². The van der Waals surface area contributed by atoms with Crippen molar-refractivity contribution < 1.29 is 9.94 Å². The predicted octanol–water partition coefficient (Wildman–Crippen LogP) is -0.991. The topological polar surface area (TPSA) is 65.0 Å². The summed E-state index contributed by atoms with van der Waals surface area (Å²) in [5.74, 6) is 5.78. The van der Waals surface area contributed by atoms with Gasteiger partial charge in [0.05, 0.1) is 0 Å². The zero-order valence-corrected chi connectivity index (χ0v) is 5.77. The van der Waals surface area contributed by atoms with E-state index in [-0.39, 0.29) is 6.23 Å². The Morgan fingerprint density at radius 2 is 2.40 bits per heavy atom. The van der Waals surface area contributed by atoms with Gasteiger partial charge in [-0.25, -0.2) is 0 Å². The Balaban J connectivity index is 2.05. The predicted molar refractivity (Wildman–Crippen MR) is 32.5 cm³/mol. The summed E-state index contributed by atoms with van der Waals surface area (Å²) in [7, 11) is 0. The lowest BCUT2D eigenvalue weighted by molar-refractivity contribution is -0.164. The van der Waals surface area contributed by atoms with Gasteiger partial charge in [-0.2, -0.15) is 0 Å². The first-order chi connectivity index (χ1) is 4.70. The highest BCUT2D eigenvalue weighted by Crippen LogP contribution is 2.36. The van der Waals surface area contributed by atoms with Crippen LogP contribution in [0.3, 0.4) is 0 Å². The second kappa shape index (κ2) is 1.90. The van der Waals surface area contributed by atoms with Crippen molar-refractivity contribution in [2.75, 3.05) is 0 Å². The molecule has 10 heavy (non-hydrogen) atoms. The van der Waals surface area contributed by atoms with Crippen molar-refractivity contribution in [3.8, 4) is 0 Å². The van der Waals surface area contributed by atoms with E-state index < -0.39 is 6.23 Å². The van der Waals surface area contributed by atoms with E-state index in [2.05, 4.69) is 0 Å². The molecule has 0 aliphatic carbocycles. The second-order valence-corrected chi connectivity index (χ2v) is 2.87. The Hall–Kier alpha value is -0.200. The molecule has 0 amide bonds. The molecule has 0 bridgehead atoms. The highest BCUT2D eigenvalue weighted by Gasteiger charge is 2.51. The summed E-state index contributed by atoms with van der Waals surface area (Å²) in [5, 5.41) is 12.0. The van der Waals surface area contributed by atoms with Gasteiger partial charge in [0.25, 0.3) is 0 Å². The molecule has 0 aromatic rings. The molecule has 2 heterocycles. The molecule has 4 unspecified atom stereocenters. The van der Waals surface area contributed by atoms with Crippen molar-refractivity contribution in [1.82, 2.24) is 10.3 Å². The summed E-state index contributed by atoms with van der Waals surface area (Å²) in [6.07, 6.45) is 0.194. The van der Waals surface area contributed by atoms with Gasteiger partial charge in [0.1, 0.15) is 6.23 Å². The maximum atomic E-state index is 9.22. The lowest BCUT2D eigenvalue weighted by atomic mass is 10.1. The Kier molecular flexibility index (Phi) is 1.23. The van der Waals surface area contributed by atoms with E-state index in [0.717, 1.165) is 0 Å². The van der Waals surface area contributed by atoms with Gasteiger partial charge in [-0.15, -0.1) is 5.12 Å². The third kappa shape index (κ3) is 0.759. The molecule has 5 heteroatoms. The first-order valence-electron chi connectivity index (χ1n) is 3.38. The molecule has 0 aromatic carbocycles. The molecule has 2 rings (SSSR count). The Morgan fingerprint density at radius 1 is 1.70 bits per heavy atom. The number of hydroxylamine groups is 1. The van der Waals surface area contributed by atoms with Crippen LogP contribution in [-0.4, -0.2) is 27.9 Å². The largest absolute Gasteiger partial charge is 0.376 e. The van der Waals surface area contributed by atoms with E-state index >= 15 is 0 Å². The number of hydrazine groups is 2.